The third-order valence-electron chi connectivity index (χ3n) is 5.61. The Bertz CT molecular complexity index is 887. The summed E-state index contributed by atoms with van der Waals surface area (Å²) in [5.41, 5.74) is 1.27. The molecule has 2 atom stereocenters. The standard InChI is InChI=1S/C20H24ClN3O3S2/c1-23-6-4-12-8-17(28-15(12)5-7-23)20(27)24-10-13(9-14(24)11-25)22-19(26)16-2-3-18(21)29-16/h2-3,8,13-14,25H,4-7,9-11H2,1H3,(H,22,26). The molecule has 0 radical (unpaired) electrons. The van der Waals surface area contributed by atoms with E-state index in [9.17, 15) is 14.7 Å². The zero-order valence-electron chi connectivity index (χ0n) is 16.2. The fourth-order valence-corrected chi connectivity index (χ4v) is 6.09. The smallest absolute Gasteiger partial charge is 0.264 e. The normalized spacial score (nSPS) is 22.4. The number of aliphatic hydroxyl groups is 1. The highest BCUT2D eigenvalue weighted by molar-refractivity contribution is 7.18. The maximum Gasteiger partial charge on any atom is 0.264 e. The van der Waals surface area contributed by atoms with E-state index in [1.807, 2.05) is 6.07 Å². The number of halogens is 1. The Balaban J connectivity index is 1.44. The van der Waals surface area contributed by atoms with Crippen LogP contribution in [0.15, 0.2) is 18.2 Å². The average Bonchev–Trinajstić information content (AvgIpc) is 3.40. The van der Waals surface area contributed by atoms with Gasteiger partial charge in [0.1, 0.15) is 0 Å². The summed E-state index contributed by atoms with van der Waals surface area (Å²) in [6, 6.07) is 4.94. The van der Waals surface area contributed by atoms with Crippen LogP contribution in [0.4, 0.5) is 0 Å². The molecule has 0 aromatic carbocycles. The van der Waals surface area contributed by atoms with E-state index < -0.39 is 0 Å². The Morgan fingerprint density at radius 2 is 2.03 bits per heavy atom. The first-order valence-electron chi connectivity index (χ1n) is 9.72. The fraction of sp³-hybridized carbons (Fsp3) is 0.500. The monoisotopic (exact) mass is 453 g/mol. The highest BCUT2D eigenvalue weighted by Crippen LogP contribution is 2.30. The highest BCUT2D eigenvalue weighted by atomic mass is 35.5. The van der Waals surface area contributed by atoms with Crippen LogP contribution in [-0.2, 0) is 12.8 Å². The van der Waals surface area contributed by atoms with E-state index in [2.05, 4.69) is 17.3 Å². The zero-order chi connectivity index (χ0) is 20.5. The van der Waals surface area contributed by atoms with Gasteiger partial charge in [0.2, 0.25) is 0 Å². The molecule has 2 aromatic rings. The van der Waals surface area contributed by atoms with Gasteiger partial charge in [0, 0.05) is 30.6 Å². The minimum absolute atomic E-state index is 0.0496. The van der Waals surface area contributed by atoms with E-state index in [1.165, 1.54) is 21.8 Å². The van der Waals surface area contributed by atoms with E-state index in [0.717, 1.165) is 30.8 Å². The van der Waals surface area contributed by atoms with Gasteiger partial charge in [-0.3, -0.25) is 9.59 Å². The molecular formula is C20H24ClN3O3S2. The van der Waals surface area contributed by atoms with Gasteiger partial charge in [0.15, 0.2) is 0 Å². The van der Waals surface area contributed by atoms with Crippen LogP contribution < -0.4 is 5.32 Å². The summed E-state index contributed by atoms with van der Waals surface area (Å²) in [5.74, 6) is -0.240. The number of likely N-dealkylation sites (N-methyl/N-ethyl adjacent to an activating group) is 1. The number of carbonyl (C=O) groups excluding carboxylic acids is 2. The van der Waals surface area contributed by atoms with Gasteiger partial charge in [-0.25, -0.2) is 0 Å². The largest absolute Gasteiger partial charge is 0.394 e. The lowest BCUT2D eigenvalue weighted by Gasteiger charge is -2.22. The van der Waals surface area contributed by atoms with Crippen LogP contribution in [0.3, 0.4) is 0 Å². The molecule has 29 heavy (non-hydrogen) atoms. The summed E-state index contributed by atoms with van der Waals surface area (Å²) in [5, 5.41) is 12.8. The van der Waals surface area contributed by atoms with Crippen molar-refractivity contribution in [3.05, 3.63) is 42.7 Å². The molecule has 0 spiro atoms. The number of rotatable bonds is 4. The predicted molar refractivity (Wildman–Crippen MR) is 116 cm³/mol. The molecular weight excluding hydrogens is 430 g/mol. The van der Waals surface area contributed by atoms with Gasteiger partial charge < -0.3 is 20.2 Å². The van der Waals surface area contributed by atoms with E-state index in [-0.39, 0.29) is 30.5 Å². The topological polar surface area (TPSA) is 72.9 Å². The second kappa shape index (κ2) is 8.73. The van der Waals surface area contributed by atoms with Crippen LogP contribution in [0.5, 0.6) is 0 Å². The molecule has 0 saturated carbocycles. The minimum atomic E-state index is -0.284. The second-order valence-electron chi connectivity index (χ2n) is 7.67. The van der Waals surface area contributed by atoms with Crippen LogP contribution >= 0.6 is 34.3 Å². The van der Waals surface area contributed by atoms with E-state index in [0.29, 0.717) is 22.2 Å². The summed E-state index contributed by atoms with van der Waals surface area (Å²) < 4.78 is 0.565. The molecule has 2 unspecified atom stereocenters. The lowest BCUT2D eigenvalue weighted by Crippen LogP contribution is -2.39. The number of hydrogen-bond donors (Lipinski definition) is 2. The van der Waals surface area contributed by atoms with Crippen LogP contribution in [0.1, 0.15) is 36.2 Å². The van der Waals surface area contributed by atoms with Gasteiger partial charge in [-0.05, 0) is 50.1 Å². The summed E-state index contributed by atoms with van der Waals surface area (Å²) in [4.78, 5) is 32.2. The molecule has 2 aromatic heterocycles. The number of amides is 2. The molecule has 6 nitrogen and oxygen atoms in total. The van der Waals surface area contributed by atoms with Gasteiger partial charge in [-0.15, -0.1) is 22.7 Å². The molecule has 0 aliphatic carbocycles. The number of fused-ring (bicyclic) bond motifs is 1. The van der Waals surface area contributed by atoms with Crippen molar-refractivity contribution < 1.29 is 14.7 Å². The van der Waals surface area contributed by atoms with Gasteiger partial charge in [0.05, 0.1) is 26.7 Å². The lowest BCUT2D eigenvalue weighted by atomic mass is 10.1. The van der Waals surface area contributed by atoms with Crippen LogP contribution in [0.25, 0.3) is 0 Å². The summed E-state index contributed by atoms with van der Waals surface area (Å²) in [6.45, 7) is 2.30. The van der Waals surface area contributed by atoms with E-state index >= 15 is 0 Å². The van der Waals surface area contributed by atoms with Gasteiger partial charge in [-0.1, -0.05) is 11.6 Å². The predicted octanol–water partition coefficient (Wildman–Crippen LogP) is 2.50. The number of likely N-dealkylation sites (tertiary alicyclic amines) is 1. The molecule has 156 valence electrons. The zero-order valence-corrected chi connectivity index (χ0v) is 18.6. The summed E-state index contributed by atoms with van der Waals surface area (Å²) >= 11 is 8.71. The van der Waals surface area contributed by atoms with E-state index in [4.69, 9.17) is 11.6 Å². The highest BCUT2D eigenvalue weighted by Gasteiger charge is 2.37. The van der Waals surface area contributed by atoms with Crippen molar-refractivity contribution >= 4 is 46.1 Å². The second-order valence-corrected chi connectivity index (χ2v) is 10.5. The molecule has 9 heteroatoms. The number of hydrogen-bond acceptors (Lipinski definition) is 6. The average molecular weight is 454 g/mol. The molecule has 1 fully saturated rings. The van der Waals surface area contributed by atoms with Gasteiger partial charge in [0.25, 0.3) is 11.8 Å². The first-order valence-corrected chi connectivity index (χ1v) is 11.7. The molecule has 4 rings (SSSR count). The van der Waals surface area contributed by atoms with Crippen LogP contribution in [0, 0.1) is 0 Å². The van der Waals surface area contributed by atoms with Crippen molar-refractivity contribution in [1.82, 2.24) is 15.1 Å². The maximum absolute atomic E-state index is 13.2. The molecule has 0 bridgehead atoms. The Hall–Kier alpha value is -1.45. The third-order valence-corrected chi connectivity index (χ3v) is 8.06. The maximum atomic E-state index is 13.2. The fourth-order valence-electron chi connectivity index (χ4n) is 3.99. The number of nitrogens with one attached hydrogen (secondary N) is 1. The molecule has 4 heterocycles. The van der Waals surface area contributed by atoms with Gasteiger partial charge in [-0.2, -0.15) is 0 Å². The first-order chi connectivity index (χ1) is 13.9. The SMILES string of the molecule is CN1CCc2cc(C(=O)N3CC(NC(=O)c4ccc(Cl)s4)CC3CO)sc2CC1. The molecule has 2 amide bonds. The van der Waals surface area contributed by atoms with Crippen molar-refractivity contribution in [2.75, 3.05) is 33.3 Å². The van der Waals surface area contributed by atoms with Crippen molar-refractivity contribution in [3.8, 4) is 0 Å². The quantitative estimate of drug-likeness (QED) is 0.746. The van der Waals surface area contributed by atoms with Crippen molar-refractivity contribution in [3.63, 3.8) is 0 Å². The summed E-state index contributed by atoms with van der Waals surface area (Å²) in [7, 11) is 2.12. The number of nitrogens with zero attached hydrogens (tertiary/aromatic N) is 2. The van der Waals surface area contributed by atoms with Gasteiger partial charge >= 0.3 is 0 Å². The number of thiophene rings is 2. The Morgan fingerprint density at radius 3 is 2.76 bits per heavy atom. The summed E-state index contributed by atoms with van der Waals surface area (Å²) in [6.07, 6.45) is 2.47. The number of carbonyl (C=O) groups is 2. The van der Waals surface area contributed by atoms with Crippen LogP contribution in [0.2, 0.25) is 4.34 Å². The molecule has 2 N–H and O–H groups in total. The van der Waals surface area contributed by atoms with Crippen LogP contribution in [-0.4, -0.2) is 72.1 Å². The molecule has 2 aliphatic heterocycles. The minimum Gasteiger partial charge on any atom is -0.394 e. The Labute approximate surface area is 183 Å². The Morgan fingerprint density at radius 1 is 1.24 bits per heavy atom. The van der Waals surface area contributed by atoms with Crippen molar-refractivity contribution in [2.45, 2.75) is 31.3 Å². The van der Waals surface area contributed by atoms with Crippen molar-refractivity contribution in [2.24, 2.45) is 0 Å². The van der Waals surface area contributed by atoms with Crippen molar-refractivity contribution in [1.29, 1.82) is 0 Å². The third kappa shape index (κ3) is 4.51. The Kier molecular flexibility index (Phi) is 6.27. The number of aliphatic hydroxyl groups excluding tert-OH is 1. The molecule has 2 aliphatic rings. The molecule has 1 saturated heterocycles. The first kappa shape index (κ1) is 20.8. The lowest BCUT2D eigenvalue weighted by molar-refractivity contribution is 0.0679. The van der Waals surface area contributed by atoms with E-state index in [1.54, 1.807) is 28.4 Å².